The highest BCUT2D eigenvalue weighted by Crippen LogP contribution is 2.32. The Balaban J connectivity index is 1.76. The first-order valence-electron chi connectivity index (χ1n) is 7.42. The topological polar surface area (TPSA) is 99.4 Å². The van der Waals surface area contributed by atoms with Crippen LogP contribution in [0.4, 0.5) is 5.82 Å². The summed E-state index contributed by atoms with van der Waals surface area (Å²) < 4.78 is 11.3. The van der Waals surface area contributed by atoms with Gasteiger partial charge in [0, 0.05) is 18.8 Å². The van der Waals surface area contributed by atoms with Crippen LogP contribution < -0.4 is 20.5 Å². The van der Waals surface area contributed by atoms with Gasteiger partial charge in [-0.2, -0.15) is 0 Å². The number of carbonyl (C=O) groups is 1. The third-order valence-electron chi connectivity index (χ3n) is 3.56. The van der Waals surface area contributed by atoms with Crippen LogP contribution in [0.25, 0.3) is 0 Å². The van der Waals surface area contributed by atoms with E-state index >= 15 is 0 Å². The molecule has 1 aliphatic heterocycles. The van der Waals surface area contributed by atoms with Crippen molar-refractivity contribution < 1.29 is 14.3 Å². The molecule has 1 atom stereocenters. The number of fused-ring (bicyclic) bond motifs is 1. The second kappa shape index (κ2) is 6.51. The molecule has 0 saturated carbocycles. The molecule has 1 aromatic heterocycles. The van der Waals surface area contributed by atoms with Crippen molar-refractivity contribution in [1.29, 1.82) is 0 Å². The number of nitrogen functional groups attached to an aromatic ring is 1. The number of nitrogens with zero attached hydrogens (tertiary/aromatic N) is 2. The fraction of sp³-hybridized carbons (Fsp3) is 0.312. The Morgan fingerprint density at radius 1 is 1.22 bits per heavy atom. The molecule has 1 aliphatic rings. The molecular weight excluding hydrogens is 296 g/mol. The Kier molecular flexibility index (Phi) is 4.27. The molecule has 0 spiro atoms. The number of carbonyl (C=O) groups excluding carboxylic acids is 1. The number of hydrogen-bond acceptors (Lipinski definition) is 6. The molecule has 1 unspecified atom stereocenters. The highest BCUT2D eigenvalue weighted by Gasteiger charge is 2.18. The number of amides is 1. The lowest BCUT2D eigenvalue weighted by Crippen LogP contribution is -2.28. The van der Waals surface area contributed by atoms with Crippen molar-refractivity contribution in [1.82, 2.24) is 15.3 Å². The third kappa shape index (κ3) is 3.33. The average molecular weight is 314 g/mol. The molecule has 7 heteroatoms. The van der Waals surface area contributed by atoms with E-state index in [2.05, 4.69) is 15.3 Å². The molecule has 120 valence electrons. The van der Waals surface area contributed by atoms with Crippen molar-refractivity contribution in [3.63, 3.8) is 0 Å². The highest BCUT2D eigenvalue weighted by molar-refractivity contribution is 5.96. The van der Waals surface area contributed by atoms with Crippen LogP contribution in [0.3, 0.4) is 0 Å². The van der Waals surface area contributed by atoms with Gasteiger partial charge in [-0.3, -0.25) is 4.79 Å². The van der Waals surface area contributed by atoms with Crippen LogP contribution >= 0.6 is 0 Å². The summed E-state index contributed by atoms with van der Waals surface area (Å²) in [5, 5.41) is 2.86. The summed E-state index contributed by atoms with van der Waals surface area (Å²) in [5.41, 5.74) is 6.70. The zero-order valence-corrected chi connectivity index (χ0v) is 12.8. The summed E-state index contributed by atoms with van der Waals surface area (Å²) in [6, 6.07) is 5.40. The minimum Gasteiger partial charge on any atom is -0.490 e. The van der Waals surface area contributed by atoms with Crippen molar-refractivity contribution in [2.45, 2.75) is 19.4 Å². The van der Waals surface area contributed by atoms with E-state index in [4.69, 9.17) is 15.2 Å². The number of hydrogen-bond donors (Lipinski definition) is 2. The largest absolute Gasteiger partial charge is 0.490 e. The number of benzene rings is 1. The molecule has 2 aromatic rings. The van der Waals surface area contributed by atoms with Gasteiger partial charge in [-0.15, -0.1) is 0 Å². The lowest BCUT2D eigenvalue weighted by atomic mass is 10.1. The lowest BCUT2D eigenvalue weighted by Gasteiger charge is -2.16. The van der Waals surface area contributed by atoms with E-state index < -0.39 is 0 Å². The number of ether oxygens (including phenoxy) is 2. The van der Waals surface area contributed by atoms with Gasteiger partial charge in [0.2, 0.25) is 0 Å². The fourth-order valence-corrected chi connectivity index (χ4v) is 2.32. The van der Waals surface area contributed by atoms with Gasteiger partial charge < -0.3 is 20.5 Å². The Bertz CT molecular complexity index is 720. The highest BCUT2D eigenvalue weighted by atomic mass is 16.5. The molecule has 1 aromatic carbocycles. The molecule has 1 amide bonds. The zero-order valence-electron chi connectivity index (χ0n) is 12.8. The van der Waals surface area contributed by atoms with E-state index in [1.54, 1.807) is 0 Å². The average Bonchev–Trinajstić information content (AvgIpc) is 2.79. The van der Waals surface area contributed by atoms with Gasteiger partial charge in [0.05, 0.1) is 19.3 Å². The van der Waals surface area contributed by atoms with E-state index in [-0.39, 0.29) is 23.5 Å². The first-order valence-corrected chi connectivity index (χ1v) is 7.42. The monoisotopic (exact) mass is 314 g/mol. The second-order valence-corrected chi connectivity index (χ2v) is 5.24. The van der Waals surface area contributed by atoms with Gasteiger partial charge in [0.25, 0.3) is 5.91 Å². The number of nitrogens with one attached hydrogen (secondary N) is 1. The van der Waals surface area contributed by atoms with Gasteiger partial charge in [-0.05, 0) is 24.6 Å². The number of anilines is 1. The predicted octanol–water partition coefficient (Wildman–Crippen LogP) is 1.71. The molecular formula is C16H18N4O3. The van der Waals surface area contributed by atoms with E-state index in [1.165, 1.54) is 12.4 Å². The van der Waals surface area contributed by atoms with Crippen LogP contribution in [0.1, 0.15) is 35.4 Å². The quantitative estimate of drug-likeness (QED) is 0.894. The van der Waals surface area contributed by atoms with Crippen molar-refractivity contribution in [2.75, 3.05) is 18.9 Å². The molecule has 0 saturated heterocycles. The summed E-state index contributed by atoms with van der Waals surface area (Å²) in [4.78, 5) is 20.1. The maximum atomic E-state index is 12.2. The first kappa shape index (κ1) is 15.1. The SMILES string of the molecule is CC(NC(=O)c1nccnc1N)c1ccc2c(c1)OCCCO2. The maximum absolute atomic E-state index is 12.2. The Morgan fingerprint density at radius 3 is 2.74 bits per heavy atom. The maximum Gasteiger partial charge on any atom is 0.274 e. The standard InChI is InChI=1S/C16H18N4O3/c1-10(20-16(21)14-15(17)19-6-5-18-14)11-3-4-12-13(9-11)23-8-2-7-22-12/h3-6,9-10H,2,7-8H2,1H3,(H2,17,19)(H,20,21). The number of nitrogens with two attached hydrogens (primary N) is 1. The lowest BCUT2D eigenvalue weighted by molar-refractivity contribution is 0.0935. The van der Waals surface area contributed by atoms with Crippen molar-refractivity contribution in [3.8, 4) is 11.5 Å². The van der Waals surface area contributed by atoms with Gasteiger partial charge >= 0.3 is 0 Å². The summed E-state index contributed by atoms with van der Waals surface area (Å²) in [6.07, 6.45) is 3.73. The van der Waals surface area contributed by atoms with E-state index in [0.717, 1.165) is 17.7 Å². The summed E-state index contributed by atoms with van der Waals surface area (Å²) in [5.74, 6) is 1.16. The molecule has 23 heavy (non-hydrogen) atoms. The molecule has 3 N–H and O–H groups in total. The summed E-state index contributed by atoms with van der Waals surface area (Å²) in [6.45, 7) is 3.14. The normalized spacial score (nSPS) is 14.7. The van der Waals surface area contributed by atoms with Crippen LogP contribution in [-0.4, -0.2) is 29.1 Å². The third-order valence-corrected chi connectivity index (χ3v) is 3.56. The van der Waals surface area contributed by atoms with Gasteiger partial charge in [0.1, 0.15) is 0 Å². The van der Waals surface area contributed by atoms with Gasteiger partial charge in [-0.25, -0.2) is 9.97 Å². The Morgan fingerprint density at radius 2 is 1.96 bits per heavy atom. The second-order valence-electron chi connectivity index (χ2n) is 5.24. The first-order chi connectivity index (χ1) is 11.1. The molecule has 7 nitrogen and oxygen atoms in total. The Hall–Kier alpha value is -2.83. The molecule has 0 bridgehead atoms. The van der Waals surface area contributed by atoms with E-state index in [1.807, 2.05) is 25.1 Å². The van der Waals surface area contributed by atoms with E-state index in [0.29, 0.717) is 19.0 Å². The predicted molar refractivity (Wildman–Crippen MR) is 84.4 cm³/mol. The minimum atomic E-state index is -0.366. The van der Waals surface area contributed by atoms with Crippen molar-refractivity contribution >= 4 is 11.7 Å². The molecule has 0 radical (unpaired) electrons. The fourth-order valence-electron chi connectivity index (χ4n) is 2.32. The van der Waals surface area contributed by atoms with Gasteiger partial charge in [-0.1, -0.05) is 6.07 Å². The molecule has 0 aliphatic carbocycles. The van der Waals surface area contributed by atoms with Crippen LogP contribution in [0.15, 0.2) is 30.6 Å². The Labute approximate surface area is 133 Å². The number of rotatable bonds is 3. The summed E-state index contributed by atoms with van der Waals surface area (Å²) in [7, 11) is 0. The van der Waals surface area contributed by atoms with Crippen LogP contribution in [-0.2, 0) is 0 Å². The van der Waals surface area contributed by atoms with Crippen LogP contribution in [0, 0.1) is 0 Å². The van der Waals surface area contributed by atoms with Crippen molar-refractivity contribution in [2.24, 2.45) is 0 Å². The van der Waals surface area contributed by atoms with Crippen LogP contribution in [0.5, 0.6) is 11.5 Å². The minimum absolute atomic E-state index is 0.107. The van der Waals surface area contributed by atoms with E-state index in [9.17, 15) is 4.79 Å². The van der Waals surface area contributed by atoms with Gasteiger partial charge in [0.15, 0.2) is 23.0 Å². The van der Waals surface area contributed by atoms with Crippen LogP contribution in [0.2, 0.25) is 0 Å². The zero-order chi connectivity index (χ0) is 16.2. The van der Waals surface area contributed by atoms with Crippen molar-refractivity contribution in [3.05, 3.63) is 41.9 Å². The molecule has 2 heterocycles. The molecule has 0 fully saturated rings. The summed E-state index contributed by atoms with van der Waals surface area (Å²) >= 11 is 0. The number of aromatic nitrogens is 2. The smallest absolute Gasteiger partial charge is 0.274 e. The molecule has 3 rings (SSSR count).